The molecule has 1 fully saturated rings. The number of hydrogen-bond acceptors (Lipinski definition) is 2. The van der Waals surface area contributed by atoms with Crippen LogP contribution in [0.4, 0.5) is 4.39 Å². The summed E-state index contributed by atoms with van der Waals surface area (Å²) in [7, 11) is 0. The second kappa shape index (κ2) is 5.70. The van der Waals surface area contributed by atoms with E-state index in [9.17, 15) is 4.39 Å². The third-order valence-electron chi connectivity index (χ3n) is 3.89. The van der Waals surface area contributed by atoms with Gasteiger partial charge in [-0.3, -0.25) is 0 Å². The maximum absolute atomic E-state index is 13.6. The van der Waals surface area contributed by atoms with Crippen LogP contribution in [0.15, 0.2) is 12.1 Å². The van der Waals surface area contributed by atoms with E-state index in [0.29, 0.717) is 17.0 Å². The van der Waals surface area contributed by atoms with Gasteiger partial charge in [-0.25, -0.2) is 9.37 Å². The lowest BCUT2D eigenvalue weighted by Crippen LogP contribution is -2.25. The van der Waals surface area contributed by atoms with Gasteiger partial charge in [-0.05, 0) is 37.8 Å². The highest BCUT2D eigenvalue weighted by Crippen LogP contribution is 2.24. The molecule has 2 aromatic rings. The number of benzene rings is 1. The van der Waals surface area contributed by atoms with E-state index >= 15 is 0 Å². The summed E-state index contributed by atoms with van der Waals surface area (Å²) in [5.41, 5.74) is 2.23. The fourth-order valence-electron chi connectivity index (χ4n) is 2.76. The van der Waals surface area contributed by atoms with Crippen LogP contribution in [0.1, 0.15) is 30.7 Å². The molecule has 5 heteroatoms. The number of aryl methyl sites for hydroxylation is 1. The molecule has 1 saturated heterocycles. The zero-order valence-corrected chi connectivity index (χ0v) is 12.3. The molecule has 108 valence electrons. The maximum Gasteiger partial charge on any atom is 0.128 e. The van der Waals surface area contributed by atoms with Gasteiger partial charge in [-0.1, -0.05) is 0 Å². The van der Waals surface area contributed by atoms with Gasteiger partial charge in [0.25, 0.3) is 0 Å². The van der Waals surface area contributed by atoms with Crippen LogP contribution in [0.5, 0.6) is 0 Å². The lowest BCUT2D eigenvalue weighted by Gasteiger charge is -2.23. The number of hydrogen-bond donors (Lipinski definition) is 0. The number of imidazole rings is 1. The average molecular weight is 297 g/mol. The largest absolute Gasteiger partial charge is 0.376 e. The standard InChI is InChI=1S/C15H18ClFN2O/c1-10-6-14-13(7-12(10)17)18-15(8-16)19(14)9-11-4-2-3-5-20-11/h6-7,11H,2-5,8-9H2,1H3. The molecule has 0 amide bonds. The first-order valence-electron chi connectivity index (χ1n) is 7.02. The first-order chi connectivity index (χ1) is 9.69. The van der Waals surface area contributed by atoms with Crippen molar-refractivity contribution in [3.63, 3.8) is 0 Å². The molecule has 3 nitrogen and oxygen atoms in total. The molecule has 0 spiro atoms. The Bertz CT molecular complexity index is 620. The van der Waals surface area contributed by atoms with E-state index < -0.39 is 0 Å². The van der Waals surface area contributed by atoms with E-state index in [1.54, 1.807) is 6.92 Å². The Morgan fingerprint density at radius 1 is 1.45 bits per heavy atom. The van der Waals surface area contributed by atoms with Crippen LogP contribution < -0.4 is 0 Å². The molecule has 0 saturated carbocycles. The lowest BCUT2D eigenvalue weighted by molar-refractivity contribution is 0.00627. The van der Waals surface area contributed by atoms with Gasteiger partial charge >= 0.3 is 0 Å². The monoisotopic (exact) mass is 296 g/mol. The Morgan fingerprint density at radius 3 is 3.00 bits per heavy atom. The van der Waals surface area contributed by atoms with E-state index in [4.69, 9.17) is 16.3 Å². The molecule has 0 N–H and O–H groups in total. The molecule has 20 heavy (non-hydrogen) atoms. The van der Waals surface area contributed by atoms with Crippen LogP contribution in [0.2, 0.25) is 0 Å². The smallest absolute Gasteiger partial charge is 0.128 e. The van der Waals surface area contributed by atoms with Crippen molar-refractivity contribution in [3.05, 3.63) is 29.3 Å². The fourth-order valence-corrected chi connectivity index (χ4v) is 2.96. The molecular weight excluding hydrogens is 279 g/mol. The first kappa shape index (κ1) is 13.8. The second-order valence-corrected chi connectivity index (χ2v) is 5.62. The van der Waals surface area contributed by atoms with Gasteiger partial charge in [0, 0.05) is 12.7 Å². The van der Waals surface area contributed by atoms with Crippen molar-refractivity contribution in [3.8, 4) is 0 Å². The number of fused-ring (bicyclic) bond motifs is 1. The first-order valence-corrected chi connectivity index (χ1v) is 7.55. The van der Waals surface area contributed by atoms with Gasteiger partial charge in [0.1, 0.15) is 11.6 Å². The number of ether oxygens (including phenoxy) is 1. The molecule has 0 bridgehead atoms. The van der Waals surface area contributed by atoms with Crippen molar-refractivity contribution in [2.75, 3.05) is 6.61 Å². The summed E-state index contributed by atoms with van der Waals surface area (Å²) >= 11 is 5.98. The van der Waals surface area contributed by atoms with Gasteiger partial charge in [-0.15, -0.1) is 11.6 Å². The molecule has 0 radical (unpaired) electrons. The molecule has 1 aliphatic rings. The van der Waals surface area contributed by atoms with Gasteiger partial charge in [0.05, 0.1) is 29.6 Å². The van der Waals surface area contributed by atoms with Crippen molar-refractivity contribution in [2.45, 2.75) is 44.7 Å². The topological polar surface area (TPSA) is 27.1 Å². The predicted molar refractivity (Wildman–Crippen MR) is 77.6 cm³/mol. The third kappa shape index (κ3) is 2.54. The Hall–Kier alpha value is -1.13. The summed E-state index contributed by atoms with van der Waals surface area (Å²) in [6.07, 6.45) is 3.59. The Labute approximate surface area is 122 Å². The highest BCUT2D eigenvalue weighted by molar-refractivity contribution is 6.16. The van der Waals surface area contributed by atoms with Crippen molar-refractivity contribution >= 4 is 22.6 Å². The van der Waals surface area contributed by atoms with Gasteiger partial charge in [0.15, 0.2) is 0 Å². The highest BCUT2D eigenvalue weighted by atomic mass is 35.5. The number of aromatic nitrogens is 2. The van der Waals surface area contributed by atoms with Crippen LogP contribution >= 0.6 is 11.6 Å². The lowest BCUT2D eigenvalue weighted by atomic mass is 10.1. The summed E-state index contributed by atoms with van der Waals surface area (Å²) in [6, 6.07) is 3.33. The van der Waals surface area contributed by atoms with Gasteiger partial charge in [0.2, 0.25) is 0 Å². The third-order valence-corrected chi connectivity index (χ3v) is 4.13. The molecule has 3 rings (SSSR count). The summed E-state index contributed by atoms with van der Waals surface area (Å²) in [5, 5.41) is 0. The molecule has 1 aliphatic heterocycles. The molecular formula is C15H18ClFN2O. The van der Waals surface area contributed by atoms with Crippen molar-refractivity contribution in [2.24, 2.45) is 0 Å². The number of rotatable bonds is 3. The van der Waals surface area contributed by atoms with Crippen LogP contribution in [0, 0.1) is 12.7 Å². The Morgan fingerprint density at radius 2 is 2.30 bits per heavy atom. The van der Waals surface area contributed by atoms with Crippen LogP contribution in [0.3, 0.4) is 0 Å². The van der Waals surface area contributed by atoms with E-state index in [1.165, 1.54) is 12.5 Å². The summed E-state index contributed by atoms with van der Waals surface area (Å²) in [5.74, 6) is 0.875. The molecule has 0 aliphatic carbocycles. The van der Waals surface area contributed by atoms with Crippen LogP contribution in [-0.2, 0) is 17.2 Å². The second-order valence-electron chi connectivity index (χ2n) is 5.35. The highest BCUT2D eigenvalue weighted by Gasteiger charge is 2.19. The maximum atomic E-state index is 13.6. The number of alkyl halides is 1. The van der Waals surface area contributed by atoms with E-state index in [1.807, 2.05) is 6.07 Å². The van der Waals surface area contributed by atoms with Gasteiger partial charge in [-0.2, -0.15) is 0 Å². The minimum absolute atomic E-state index is 0.202. The van der Waals surface area contributed by atoms with E-state index in [0.717, 1.165) is 37.3 Å². The molecule has 2 heterocycles. The molecule has 1 unspecified atom stereocenters. The normalized spacial score (nSPS) is 19.6. The SMILES string of the molecule is Cc1cc2c(cc1F)nc(CCl)n2CC1CCCCO1. The minimum Gasteiger partial charge on any atom is -0.376 e. The molecule has 1 atom stereocenters. The average Bonchev–Trinajstić information content (AvgIpc) is 2.78. The van der Waals surface area contributed by atoms with E-state index in [2.05, 4.69) is 9.55 Å². The summed E-state index contributed by atoms with van der Waals surface area (Å²) < 4.78 is 21.5. The minimum atomic E-state index is -0.225. The molecule has 1 aromatic carbocycles. The van der Waals surface area contributed by atoms with Crippen LogP contribution in [0.25, 0.3) is 11.0 Å². The summed E-state index contributed by atoms with van der Waals surface area (Å²) in [4.78, 5) is 4.43. The van der Waals surface area contributed by atoms with Crippen molar-refractivity contribution < 1.29 is 9.13 Å². The van der Waals surface area contributed by atoms with Crippen molar-refractivity contribution in [1.29, 1.82) is 0 Å². The molecule has 1 aromatic heterocycles. The number of nitrogens with zero attached hydrogens (tertiary/aromatic N) is 2. The number of halogens is 2. The Kier molecular flexibility index (Phi) is 3.94. The zero-order valence-electron chi connectivity index (χ0n) is 11.5. The van der Waals surface area contributed by atoms with E-state index in [-0.39, 0.29) is 11.9 Å². The van der Waals surface area contributed by atoms with Crippen LogP contribution in [-0.4, -0.2) is 22.3 Å². The van der Waals surface area contributed by atoms with Crippen molar-refractivity contribution in [1.82, 2.24) is 9.55 Å². The summed E-state index contributed by atoms with van der Waals surface area (Å²) in [6.45, 7) is 3.33. The quantitative estimate of drug-likeness (QED) is 0.806. The Balaban J connectivity index is 2.00. The zero-order chi connectivity index (χ0) is 14.1. The fraction of sp³-hybridized carbons (Fsp3) is 0.533. The van der Waals surface area contributed by atoms with Gasteiger partial charge < -0.3 is 9.30 Å². The predicted octanol–water partition coefficient (Wildman–Crippen LogP) is 3.79.